The van der Waals surface area contributed by atoms with Crippen molar-refractivity contribution in [2.75, 3.05) is 6.54 Å². The highest BCUT2D eigenvalue weighted by molar-refractivity contribution is 8.12. The Hall–Kier alpha value is -0.0100. The summed E-state index contributed by atoms with van der Waals surface area (Å²) in [7, 11) is 0.776. The van der Waals surface area contributed by atoms with E-state index in [9.17, 15) is 21.6 Å². The fraction of sp³-hybridized carbons (Fsp3) is 1.00. The third kappa shape index (κ3) is 9.99. The number of hydrogen-bond donors (Lipinski definition) is 1. The van der Waals surface area contributed by atoms with E-state index in [-0.39, 0.29) is 13.0 Å². The van der Waals surface area contributed by atoms with Gasteiger partial charge in [0.05, 0.1) is 0 Å². The molecule has 0 heterocycles. The van der Waals surface area contributed by atoms with Crippen molar-refractivity contribution in [2.24, 2.45) is 0 Å². The summed E-state index contributed by atoms with van der Waals surface area (Å²) in [6.07, 6.45) is -5.58. The molecular formula is C4H7ClF3NO2S. The van der Waals surface area contributed by atoms with Crippen LogP contribution in [0.1, 0.15) is 12.8 Å². The zero-order chi connectivity index (χ0) is 9.83. The van der Waals surface area contributed by atoms with Gasteiger partial charge in [0.1, 0.15) is 0 Å². The molecule has 0 saturated carbocycles. The van der Waals surface area contributed by atoms with Crippen LogP contribution in [0.3, 0.4) is 0 Å². The average Bonchev–Trinajstić information content (AvgIpc) is 1.76. The van der Waals surface area contributed by atoms with Crippen molar-refractivity contribution in [3.63, 3.8) is 0 Å². The van der Waals surface area contributed by atoms with Crippen LogP contribution in [-0.2, 0) is 9.24 Å². The fourth-order valence-electron chi connectivity index (χ4n) is 0.483. The van der Waals surface area contributed by atoms with Gasteiger partial charge in [0.15, 0.2) is 0 Å². The number of nitrogens with one attached hydrogen (secondary N) is 1. The first-order chi connectivity index (χ1) is 5.21. The summed E-state index contributed by atoms with van der Waals surface area (Å²) in [5.41, 5.74) is 0. The van der Waals surface area contributed by atoms with Crippen LogP contribution in [0.4, 0.5) is 13.2 Å². The Morgan fingerprint density at radius 1 is 1.33 bits per heavy atom. The standard InChI is InChI=1S/C4H7ClF3NO2S/c5-12(10,11)9-3-1-2-4(6,7)8/h9H,1-3H2. The normalized spacial score (nSPS) is 13.3. The third-order valence-corrected chi connectivity index (χ3v) is 1.79. The summed E-state index contributed by atoms with van der Waals surface area (Å²) in [4.78, 5) is 0. The second-order valence-electron chi connectivity index (χ2n) is 2.05. The topological polar surface area (TPSA) is 46.2 Å². The molecule has 0 spiro atoms. The Bertz CT molecular complexity index is 225. The van der Waals surface area contributed by atoms with E-state index >= 15 is 0 Å². The van der Waals surface area contributed by atoms with E-state index < -0.39 is 21.8 Å². The molecule has 0 atom stereocenters. The molecule has 0 aromatic carbocycles. The van der Waals surface area contributed by atoms with Gasteiger partial charge in [-0.1, -0.05) is 0 Å². The molecule has 8 heteroatoms. The first-order valence-corrected chi connectivity index (χ1v) is 5.28. The smallest absolute Gasteiger partial charge is 0.202 e. The SMILES string of the molecule is O=S(=O)(Cl)NCCCC(F)(F)F. The van der Waals surface area contributed by atoms with Crippen LogP contribution in [0.15, 0.2) is 0 Å². The lowest BCUT2D eigenvalue weighted by Crippen LogP contribution is -2.21. The molecule has 0 aliphatic heterocycles. The van der Waals surface area contributed by atoms with E-state index in [4.69, 9.17) is 0 Å². The molecule has 0 aliphatic rings. The molecule has 12 heavy (non-hydrogen) atoms. The van der Waals surface area contributed by atoms with Gasteiger partial charge in [-0.25, -0.2) is 4.72 Å². The highest BCUT2D eigenvalue weighted by Gasteiger charge is 2.26. The summed E-state index contributed by atoms with van der Waals surface area (Å²) in [5, 5.41) is 0. The highest BCUT2D eigenvalue weighted by atomic mass is 35.7. The fourth-order valence-corrected chi connectivity index (χ4v) is 1.10. The Morgan fingerprint density at radius 2 is 1.83 bits per heavy atom. The lowest BCUT2D eigenvalue weighted by atomic mass is 10.3. The molecule has 0 rings (SSSR count). The zero-order valence-electron chi connectivity index (χ0n) is 5.86. The monoisotopic (exact) mass is 225 g/mol. The first-order valence-electron chi connectivity index (χ1n) is 2.97. The maximum absolute atomic E-state index is 11.5. The third-order valence-electron chi connectivity index (χ3n) is 0.911. The van der Waals surface area contributed by atoms with Gasteiger partial charge in [-0.2, -0.15) is 21.6 Å². The van der Waals surface area contributed by atoms with Gasteiger partial charge in [-0.15, -0.1) is 0 Å². The average molecular weight is 226 g/mol. The van der Waals surface area contributed by atoms with E-state index in [0.717, 1.165) is 0 Å². The minimum Gasteiger partial charge on any atom is -0.202 e. The highest BCUT2D eigenvalue weighted by Crippen LogP contribution is 2.20. The van der Waals surface area contributed by atoms with Gasteiger partial charge in [-0.3, -0.25) is 0 Å². The summed E-state index contributed by atoms with van der Waals surface area (Å²) in [6, 6.07) is 0. The van der Waals surface area contributed by atoms with Crippen LogP contribution in [0, 0.1) is 0 Å². The second-order valence-corrected chi connectivity index (χ2v) is 4.43. The second kappa shape index (κ2) is 4.29. The molecule has 3 nitrogen and oxygen atoms in total. The van der Waals surface area contributed by atoms with E-state index in [1.54, 1.807) is 4.72 Å². The number of rotatable bonds is 4. The molecule has 0 unspecified atom stereocenters. The van der Waals surface area contributed by atoms with Crippen molar-refractivity contribution in [1.82, 2.24) is 4.72 Å². The predicted molar refractivity (Wildman–Crippen MR) is 38.1 cm³/mol. The number of hydrogen-bond acceptors (Lipinski definition) is 2. The molecule has 0 radical (unpaired) electrons. The van der Waals surface area contributed by atoms with Crippen LogP contribution < -0.4 is 4.72 Å². The molecule has 74 valence electrons. The van der Waals surface area contributed by atoms with Gasteiger partial charge in [-0.05, 0) is 6.42 Å². The van der Waals surface area contributed by atoms with Crippen molar-refractivity contribution in [2.45, 2.75) is 19.0 Å². The van der Waals surface area contributed by atoms with Crippen molar-refractivity contribution >= 4 is 19.9 Å². The molecule has 0 aromatic heterocycles. The van der Waals surface area contributed by atoms with Crippen molar-refractivity contribution in [3.05, 3.63) is 0 Å². The number of halogens is 4. The van der Waals surface area contributed by atoms with Crippen LogP contribution in [-0.4, -0.2) is 21.1 Å². The molecular weight excluding hydrogens is 219 g/mol. The summed E-state index contributed by atoms with van der Waals surface area (Å²) >= 11 is 0. The Kier molecular flexibility index (Phi) is 4.29. The Labute approximate surface area is 72.4 Å². The summed E-state index contributed by atoms with van der Waals surface area (Å²) in [6.45, 7) is -0.300. The van der Waals surface area contributed by atoms with E-state index in [0.29, 0.717) is 0 Å². The van der Waals surface area contributed by atoms with Gasteiger partial charge < -0.3 is 0 Å². The zero-order valence-corrected chi connectivity index (χ0v) is 7.43. The molecule has 0 fully saturated rings. The van der Waals surface area contributed by atoms with Crippen LogP contribution in [0.2, 0.25) is 0 Å². The van der Waals surface area contributed by atoms with E-state index in [1.807, 2.05) is 0 Å². The lowest BCUT2D eigenvalue weighted by molar-refractivity contribution is -0.135. The molecule has 0 bridgehead atoms. The van der Waals surface area contributed by atoms with Crippen molar-refractivity contribution in [1.29, 1.82) is 0 Å². The first kappa shape index (κ1) is 12.0. The van der Waals surface area contributed by atoms with E-state index in [2.05, 4.69) is 10.7 Å². The minimum atomic E-state index is -4.25. The van der Waals surface area contributed by atoms with Gasteiger partial charge in [0, 0.05) is 23.6 Å². The molecule has 0 amide bonds. The van der Waals surface area contributed by atoms with Gasteiger partial charge in [0.25, 0.3) is 9.24 Å². The summed E-state index contributed by atoms with van der Waals surface area (Å²) < 4.78 is 56.4. The summed E-state index contributed by atoms with van der Waals surface area (Å²) in [5.74, 6) is 0. The van der Waals surface area contributed by atoms with E-state index in [1.165, 1.54) is 0 Å². The van der Waals surface area contributed by atoms with Crippen LogP contribution in [0.25, 0.3) is 0 Å². The van der Waals surface area contributed by atoms with Gasteiger partial charge in [0.2, 0.25) is 0 Å². The maximum Gasteiger partial charge on any atom is 0.389 e. The molecule has 1 N–H and O–H groups in total. The minimum absolute atomic E-state index is 0.300. The van der Waals surface area contributed by atoms with Crippen molar-refractivity contribution < 1.29 is 21.6 Å². The van der Waals surface area contributed by atoms with Crippen LogP contribution >= 0.6 is 10.7 Å². The Morgan fingerprint density at radius 3 is 2.17 bits per heavy atom. The predicted octanol–water partition coefficient (Wildman–Crippen LogP) is 1.40. The largest absolute Gasteiger partial charge is 0.389 e. The number of alkyl halides is 3. The quantitative estimate of drug-likeness (QED) is 0.581. The van der Waals surface area contributed by atoms with Gasteiger partial charge >= 0.3 is 6.18 Å². The van der Waals surface area contributed by atoms with Crippen LogP contribution in [0.5, 0.6) is 0 Å². The Balaban J connectivity index is 3.48. The molecule has 0 aliphatic carbocycles. The lowest BCUT2D eigenvalue weighted by Gasteiger charge is -2.04. The van der Waals surface area contributed by atoms with Crippen molar-refractivity contribution in [3.8, 4) is 0 Å². The molecule has 0 saturated heterocycles. The molecule has 0 aromatic rings. The maximum atomic E-state index is 11.5.